The number of hydrogen-bond donors (Lipinski definition) is 1. The maximum Gasteiger partial charge on any atom is 0.225 e. The molecular weight excluding hydrogens is 306 g/mol. The minimum atomic E-state index is -0.265. The van der Waals surface area contributed by atoms with Gasteiger partial charge in [-0.2, -0.15) is 0 Å². The molecule has 1 N–H and O–H groups in total. The second-order valence-corrected chi connectivity index (χ2v) is 5.92. The first kappa shape index (κ1) is 16.3. The van der Waals surface area contributed by atoms with Crippen molar-refractivity contribution >= 4 is 17.5 Å². The second kappa shape index (κ2) is 7.35. The zero-order valence-electron chi connectivity index (χ0n) is 13.8. The summed E-state index contributed by atoms with van der Waals surface area (Å²) in [6.45, 7) is 5.30. The number of hydrogen-bond acceptors (Lipinski definition) is 6. The van der Waals surface area contributed by atoms with E-state index in [2.05, 4.69) is 20.3 Å². The van der Waals surface area contributed by atoms with Gasteiger partial charge in [0.05, 0.1) is 13.2 Å². The van der Waals surface area contributed by atoms with E-state index in [1.54, 1.807) is 18.5 Å². The monoisotopic (exact) mass is 327 g/mol. The van der Waals surface area contributed by atoms with Crippen LogP contribution in [0.2, 0.25) is 0 Å². The van der Waals surface area contributed by atoms with E-state index in [1.807, 2.05) is 36.9 Å². The van der Waals surface area contributed by atoms with Crippen LogP contribution in [-0.2, 0) is 9.53 Å². The van der Waals surface area contributed by atoms with Crippen molar-refractivity contribution in [3.63, 3.8) is 0 Å². The molecule has 126 valence electrons. The summed E-state index contributed by atoms with van der Waals surface area (Å²) < 4.78 is 5.55. The molecule has 24 heavy (non-hydrogen) atoms. The summed E-state index contributed by atoms with van der Waals surface area (Å²) in [6, 6.07) is 7.12. The predicted octanol–water partition coefficient (Wildman–Crippen LogP) is 2.17. The zero-order valence-corrected chi connectivity index (χ0v) is 13.8. The highest BCUT2D eigenvalue weighted by atomic mass is 16.5. The fourth-order valence-electron chi connectivity index (χ4n) is 2.58. The quantitative estimate of drug-likeness (QED) is 0.927. The molecule has 3 rings (SSSR count). The molecule has 0 spiro atoms. The van der Waals surface area contributed by atoms with E-state index >= 15 is 0 Å². The number of amides is 1. The summed E-state index contributed by atoms with van der Waals surface area (Å²) >= 11 is 0. The van der Waals surface area contributed by atoms with Gasteiger partial charge in [-0.25, -0.2) is 15.0 Å². The third-order valence-corrected chi connectivity index (χ3v) is 3.80. The van der Waals surface area contributed by atoms with Crippen molar-refractivity contribution in [2.24, 2.45) is 5.92 Å². The van der Waals surface area contributed by atoms with Gasteiger partial charge < -0.3 is 15.0 Å². The Labute approximate surface area is 141 Å². The van der Waals surface area contributed by atoms with Gasteiger partial charge in [0.1, 0.15) is 17.7 Å². The fourth-order valence-corrected chi connectivity index (χ4v) is 2.58. The molecule has 1 aliphatic heterocycles. The van der Waals surface area contributed by atoms with E-state index in [1.165, 1.54) is 0 Å². The zero-order chi connectivity index (χ0) is 16.9. The van der Waals surface area contributed by atoms with Gasteiger partial charge >= 0.3 is 0 Å². The summed E-state index contributed by atoms with van der Waals surface area (Å²) in [5, 5.41) is 3.14. The Bertz CT molecular complexity index is 692. The van der Waals surface area contributed by atoms with Crippen LogP contribution in [-0.4, -0.2) is 45.5 Å². The summed E-state index contributed by atoms with van der Waals surface area (Å²) in [4.78, 5) is 27.4. The number of ether oxygens (including phenoxy) is 1. The van der Waals surface area contributed by atoms with Gasteiger partial charge in [-0.1, -0.05) is 19.9 Å². The number of morpholine rings is 1. The van der Waals surface area contributed by atoms with Gasteiger partial charge in [-0.3, -0.25) is 4.79 Å². The number of rotatable bonds is 4. The number of nitrogens with zero attached hydrogens (tertiary/aromatic N) is 4. The molecule has 0 bridgehead atoms. The van der Waals surface area contributed by atoms with Crippen molar-refractivity contribution in [2.75, 3.05) is 25.1 Å². The summed E-state index contributed by atoms with van der Waals surface area (Å²) in [5.74, 6) is 1.94. The van der Waals surface area contributed by atoms with Crippen LogP contribution < -0.4 is 5.32 Å². The normalized spacial score (nSPS) is 17.8. The number of carbonyl (C=O) groups is 1. The Morgan fingerprint density at radius 1 is 1.25 bits per heavy atom. The standard InChI is InChI=1S/C17H21N5O2/c1-12(2)17(23)22-9-10-24-11-13(22)16-19-8-6-15(21-16)20-14-5-3-4-7-18-14/h3-8,12-13H,9-11H2,1-2H3,(H,18,19,20,21). The van der Waals surface area contributed by atoms with Crippen molar-refractivity contribution in [1.29, 1.82) is 0 Å². The van der Waals surface area contributed by atoms with E-state index in [0.717, 1.165) is 0 Å². The van der Waals surface area contributed by atoms with Crippen LogP contribution in [0.15, 0.2) is 36.7 Å². The highest BCUT2D eigenvalue weighted by Gasteiger charge is 2.31. The molecule has 2 aromatic rings. The summed E-state index contributed by atoms with van der Waals surface area (Å²) in [7, 11) is 0. The fraction of sp³-hybridized carbons (Fsp3) is 0.412. The topological polar surface area (TPSA) is 80.2 Å². The largest absolute Gasteiger partial charge is 0.377 e. The molecule has 3 heterocycles. The molecule has 1 saturated heterocycles. The first-order chi connectivity index (χ1) is 11.6. The molecule has 2 aromatic heterocycles. The van der Waals surface area contributed by atoms with Crippen LogP contribution in [0.1, 0.15) is 25.7 Å². The Morgan fingerprint density at radius 3 is 2.88 bits per heavy atom. The minimum Gasteiger partial charge on any atom is -0.377 e. The average Bonchev–Trinajstić information content (AvgIpc) is 2.62. The lowest BCUT2D eigenvalue weighted by atomic mass is 10.1. The van der Waals surface area contributed by atoms with Gasteiger partial charge in [0.15, 0.2) is 5.82 Å². The highest BCUT2D eigenvalue weighted by Crippen LogP contribution is 2.24. The number of anilines is 2. The van der Waals surface area contributed by atoms with Crippen molar-refractivity contribution in [1.82, 2.24) is 19.9 Å². The molecule has 0 aliphatic carbocycles. The van der Waals surface area contributed by atoms with Crippen LogP contribution in [0, 0.1) is 5.92 Å². The molecule has 1 amide bonds. The lowest BCUT2D eigenvalue weighted by molar-refractivity contribution is -0.143. The van der Waals surface area contributed by atoms with E-state index in [0.29, 0.717) is 37.2 Å². The second-order valence-electron chi connectivity index (χ2n) is 5.92. The molecule has 1 aliphatic rings. The highest BCUT2D eigenvalue weighted by molar-refractivity contribution is 5.78. The molecule has 0 radical (unpaired) electrons. The van der Waals surface area contributed by atoms with Crippen LogP contribution in [0.4, 0.5) is 11.6 Å². The third kappa shape index (κ3) is 3.68. The lowest BCUT2D eigenvalue weighted by Crippen LogP contribution is -2.45. The minimum absolute atomic E-state index is 0.0690. The smallest absolute Gasteiger partial charge is 0.225 e. The molecular formula is C17H21N5O2. The number of aromatic nitrogens is 3. The van der Waals surface area contributed by atoms with Gasteiger partial charge in [0.2, 0.25) is 5.91 Å². The first-order valence-corrected chi connectivity index (χ1v) is 8.04. The molecule has 1 fully saturated rings. The van der Waals surface area contributed by atoms with Gasteiger partial charge in [0.25, 0.3) is 0 Å². The van der Waals surface area contributed by atoms with Crippen LogP contribution >= 0.6 is 0 Å². The molecule has 1 atom stereocenters. The van der Waals surface area contributed by atoms with Crippen LogP contribution in [0.25, 0.3) is 0 Å². The van der Waals surface area contributed by atoms with E-state index in [4.69, 9.17) is 4.74 Å². The van der Waals surface area contributed by atoms with E-state index in [-0.39, 0.29) is 17.9 Å². The Balaban J connectivity index is 1.82. The van der Waals surface area contributed by atoms with Crippen LogP contribution in [0.3, 0.4) is 0 Å². The Morgan fingerprint density at radius 2 is 2.12 bits per heavy atom. The average molecular weight is 327 g/mol. The predicted molar refractivity (Wildman–Crippen MR) is 89.7 cm³/mol. The summed E-state index contributed by atoms with van der Waals surface area (Å²) in [6.07, 6.45) is 3.39. The van der Waals surface area contributed by atoms with Crippen molar-refractivity contribution in [3.05, 3.63) is 42.5 Å². The maximum atomic E-state index is 12.4. The maximum absolute atomic E-state index is 12.4. The Hall–Kier alpha value is -2.54. The van der Waals surface area contributed by atoms with E-state index < -0.39 is 0 Å². The molecule has 0 aromatic carbocycles. The molecule has 0 saturated carbocycles. The van der Waals surface area contributed by atoms with E-state index in [9.17, 15) is 4.79 Å². The van der Waals surface area contributed by atoms with Crippen molar-refractivity contribution in [2.45, 2.75) is 19.9 Å². The SMILES string of the molecule is CC(C)C(=O)N1CCOCC1c1nccc(Nc2ccccn2)n1. The Kier molecular flexibility index (Phi) is 5.00. The molecule has 1 unspecified atom stereocenters. The van der Waals surface area contributed by atoms with Gasteiger partial charge in [-0.05, 0) is 18.2 Å². The lowest BCUT2D eigenvalue weighted by Gasteiger charge is -2.35. The number of carbonyl (C=O) groups excluding carboxylic acids is 1. The number of nitrogens with one attached hydrogen (secondary N) is 1. The van der Waals surface area contributed by atoms with Gasteiger partial charge in [0, 0.05) is 24.9 Å². The van der Waals surface area contributed by atoms with Crippen molar-refractivity contribution < 1.29 is 9.53 Å². The molecule has 7 heteroatoms. The van der Waals surface area contributed by atoms with Gasteiger partial charge in [-0.15, -0.1) is 0 Å². The summed E-state index contributed by atoms with van der Waals surface area (Å²) in [5.41, 5.74) is 0. The van der Waals surface area contributed by atoms with Crippen molar-refractivity contribution in [3.8, 4) is 0 Å². The molecule has 7 nitrogen and oxygen atoms in total. The van der Waals surface area contributed by atoms with Crippen LogP contribution in [0.5, 0.6) is 0 Å². The number of pyridine rings is 1. The first-order valence-electron chi connectivity index (χ1n) is 8.04. The third-order valence-electron chi connectivity index (χ3n) is 3.80.